The molecule has 1 fully saturated rings. The van der Waals surface area contributed by atoms with Gasteiger partial charge < -0.3 is 14.8 Å². The van der Waals surface area contributed by atoms with Crippen LogP contribution in [0.2, 0.25) is 0 Å². The van der Waals surface area contributed by atoms with Crippen molar-refractivity contribution in [3.05, 3.63) is 22.2 Å². The van der Waals surface area contributed by atoms with Gasteiger partial charge in [0.1, 0.15) is 13.2 Å². The molecule has 3 nitrogen and oxygen atoms in total. The van der Waals surface area contributed by atoms with E-state index in [9.17, 15) is 0 Å². The lowest BCUT2D eigenvalue weighted by Crippen LogP contribution is -2.28. The lowest BCUT2D eigenvalue weighted by atomic mass is 10.0. The molecule has 0 spiro atoms. The van der Waals surface area contributed by atoms with Crippen LogP contribution in [0.4, 0.5) is 0 Å². The third-order valence-electron chi connectivity index (χ3n) is 3.78. The highest BCUT2D eigenvalue weighted by atomic mass is 79.9. The number of piperidine rings is 1. The monoisotopic (exact) mass is 357 g/mol. The minimum atomic E-state index is 0.642. The molecule has 5 heteroatoms. The minimum Gasteiger partial charge on any atom is -0.486 e. The van der Waals surface area contributed by atoms with Crippen molar-refractivity contribution >= 4 is 27.7 Å². The third-order valence-corrected chi connectivity index (χ3v) is 5.74. The molecular weight excluding hydrogens is 338 g/mol. The molecular formula is C15H20BrNO2S. The summed E-state index contributed by atoms with van der Waals surface area (Å²) in [6.45, 7) is 3.65. The van der Waals surface area contributed by atoms with Gasteiger partial charge in [-0.05, 0) is 55.3 Å². The maximum Gasteiger partial charge on any atom is 0.162 e. The molecule has 2 heterocycles. The van der Waals surface area contributed by atoms with Gasteiger partial charge in [-0.3, -0.25) is 0 Å². The lowest BCUT2D eigenvalue weighted by molar-refractivity contribution is 0.171. The molecule has 1 N–H and O–H groups in total. The average molecular weight is 358 g/mol. The summed E-state index contributed by atoms with van der Waals surface area (Å²) in [6.07, 6.45) is 2.63. The van der Waals surface area contributed by atoms with Crippen molar-refractivity contribution in [2.24, 2.45) is 5.92 Å². The van der Waals surface area contributed by atoms with Gasteiger partial charge in [0.15, 0.2) is 11.5 Å². The molecule has 0 saturated carbocycles. The van der Waals surface area contributed by atoms with Crippen LogP contribution in [0.1, 0.15) is 18.4 Å². The van der Waals surface area contributed by atoms with Gasteiger partial charge in [-0.25, -0.2) is 0 Å². The van der Waals surface area contributed by atoms with Crippen LogP contribution < -0.4 is 14.8 Å². The fourth-order valence-electron chi connectivity index (χ4n) is 2.60. The van der Waals surface area contributed by atoms with E-state index in [0.29, 0.717) is 13.2 Å². The second-order valence-corrected chi connectivity index (χ2v) is 7.18. The highest BCUT2D eigenvalue weighted by molar-refractivity contribution is 9.10. The molecule has 0 aliphatic carbocycles. The van der Waals surface area contributed by atoms with Gasteiger partial charge >= 0.3 is 0 Å². The number of hydrogen-bond acceptors (Lipinski definition) is 4. The summed E-state index contributed by atoms with van der Waals surface area (Å²) < 4.78 is 12.4. The number of nitrogens with one attached hydrogen (secondary N) is 1. The van der Waals surface area contributed by atoms with E-state index in [0.717, 1.165) is 27.6 Å². The first kappa shape index (κ1) is 14.5. The second-order valence-electron chi connectivity index (χ2n) is 5.30. The Morgan fingerprint density at radius 2 is 1.85 bits per heavy atom. The van der Waals surface area contributed by atoms with Gasteiger partial charge in [0, 0.05) is 10.2 Å². The van der Waals surface area contributed by atoms with Gasteiger partial charge in [-0.2, -0.15) is 11.8 Å². The smallest absolute Gasteiger partial charge is 0.162 e. The Morgan fingerprint density at radius 1 is 1.15 bits per heavy atom. The largest absolute Gasteiger partial charge is 0.486 e. The van der Waals surface area contributed by atoms with Crippen molar-refractivity contribution in [1.82, 2.24) is 5.32 Å². The number of halogens is 1. The molecule has 0 aromatic heterocycles. The van der Waals surface area contributed by atoms with Crippen LogP contribution in [0.5, 0.6) is 11.5 Å². The normalized spacial score (nSPS) is 19.1. The van der Waals surface area contributed by atoms with Crippen molar-refractivity contribution in [3.63, 3.8) is 0 Å². The van der Waals surface area contributed by atoms with Crippen molar-refractivity contribution < 1.29 is 9.47 Å². The number of fused-ring (bicyclic) bond motifs is 1. The maximum atomic E-state index is 5.65. The Hall–Kier alpha value is -0.390. The van der Waals surface area contributed by atoms with E-state index in [1.54, 1.807) is 0 Å². The van der Waals surface area contributed by atoms with Crippen LogP contribution in [-0.4, -0.2) is 32.1 Å². The Bertz CT molecular complexity index is 463. The molecule has 2 aliphatic heterocycles. The molecule has 0 atom stereocenters. The highest BCUT2D eigenvalue weighted by Gasteiger charge is 2.16. The van der Waals surface area contributed by atoms with E-state index < -0.39 is 0 Å². The van der Waals surface area contributed by atoms with Gasteiger partial charge in [0.25, 0.3) is 0 Å². The molecule has 1 saturated heterocycles. The summed E-state index contributed by atoms with van der Waals surface area (Å²) in [5.74, 6) is 4.90. The zero-order valence-electron chi connectivity index (χ0n) is 11.5. The molecule has 0 amide bonds. The molecule has 3 rings (SSSR count). The summed E-state index contributed by atoms with van der Waals surface area (Å²) in [5.41, 5.74) is 1.30. The van der Waals surface area contributed by atoms with E-state index in [1.807, 2.05) is 17.8 Å². The average Bonchev–Trinajstić information content (AvgIpc) is 2.49. The Morgan fingerprint density at radius 3 is 2.60 bits per heavy atom. The van der Waals surface area contributed by atoms with Gasteiger partial charge in [-0.15, -0.1) is 0 Å². The predicted molar refractivity (Wildman–Crippen MR) is 86.9 cm³/mol. The minimum absolute atomic E-state index is 0.642. The van der Waals surface area contributed by atoms with E-state index in [1.165, 1.54) is 37.2 Å². The van der Waals surface area contributed by atoms with E-state index in [2.05, 4.69) is 27.3 Å². The first-order valence-corrected chi connectivity index (χ1v) is 9.14. The third kappa shape index (κ3) is 3.62. The standard InChI is InChI=1S/C15H20BrNO2S/c16-13-8-15-14(18-5-6-19-15)7-12(13)10-20-9-11-1-3-17-4-2-11/h7-8,11,17H,1-6,9-10H2. The number of thioether (sulfide) groups is 1. The number of hydrogen-bond donors (Lipinski definition) is 1. The summed E-state index contributed by atoms with van der Waals surface area (Å²) >= 11 is 5.67. The Labute approximate surface area is 132 Å². The number of rotatable bonds is 4. The van der Waals surface area contributed by atoms with Crippen molar-refractivity contribution in [1.29, 1.82) is 0 Å². The van der Waals surface area contributed by atoms with Crippen LogP contribution in [-0.2, 0) is 5.75 Å². The lowest BCUT2D eigenvalue weighted by Gasteiger charge is -2.22. The Balaban J connectivity index is 1.56. The van der Waals surface area contributed by atoms with E-state index in [-0.39, 0.29) is 0 Å². The number of ether oxygens (including phenoxy) is 2. The fourth-order valence-corrected chi connectivity index (χ4v) is 4.49. The van der Waals surface area contributed by atoms with Crippen LogP contribution in [0.3, 0.4) is 0 Å². The van der Waals surface area contributed by atoms with E-state index in [4.69, 9.17) is 9.47 Å². The fraction of sp³-hybridized carbons (Fsp3) is 0.600. The Kier molecular flexibility index (Phi) is 5.13. The highest BCUT2D eigenvalue weighted by Crippen LogP contribution is 2.37. The van der Waals surface area contributed by atoms with Gasteiger partial charge in [0.05, 0.1) is 0 Å². The molecule has 1 aromatic carbocycles. The topological polar surface area (TPSA) is 30.5 Å². The zero-order valence-corrected chi connectivity index (χ0v) is 13.9. The molecule has 0 bridgehead atoms. The van der Waals surface area contributed by atoms with Crippen molar-refractivity contribution in [2.45, 2.75) is 18.6 Å². The predicted octanol–water partition coefficient (Wildman–Crippen LogP) is 3.45. The van der Waals surface area contributed by atoms with Gasteiger partial charge in [-0.1, -0.05) is 15.9 Å². The van der Waals surface area contributed by atoms with Crippen LogP contribution in [0.25, 0.3) is 0 Å². The molecule has 2 aliphatic rings. The van der Waals surface area contributed by atoms with Crippen LogP contribution in [0, 0.1) is 5.92 Å². The molecule has 0 radical (unpaired) electrons. The van der Waals surface area contributed by atoms with Gasteiger partial charge in [0.2, 0.25) is 0 Å². The van der Waals surface area contributed by atoms with Crippen LogP contribution in [0.15, 0.2) is 16.6 Å². The quantitative estimate of drug-likeness (QED) is 0.893. The second kappa shape index (κ2) is 7.05. The number of benzene rings is 1. The summed E-state index contributed by atoms with van der Waals surface area (Å²) in [7, 11) is 0. The molecule has 110 valence electrons. The van der Waals surface area contributed by atoms with Crippen molar-refractivity contribution in [2.75, 3.05) is 32.1 Å². The maximum absolute atomic E-state index is 5.65. The zero-order chi connectivity index (χ0) is 13.8. The van der Waals surface area contributed by atoms with Crippen molar-refractivity contribution in [3.8, 4) is 11.5 Å². The first-order chi connectivity index (χ1) is 9.83. The van der Waals surface area contributed by atoms with E-state index >= 15 is 0 Å². The summed E-state index contributed by atoms with van der Waals surface area (Å²) in [5, 5.41) is 3.42. The molecule has 0 unspecified atom stereocenters. The molecule has 1 aromatic rings. The molecule has 20 heavy (non-hydrogen) atoms. The first-order valence-electron chi connectivity index (χ1n) is 7.19. The summed E-state index contributed by atoms with van der Waals surface area (Å²) in [4.78, 5) is 0. The SMILES string of the molecule is Brc1cc2c(cc1CSCC1CCNCC1)OCCO2. The van der Waals surface area contributed by atoms with Crippen LogP contribution >= 0.6 is 27.7 Å². The summed E-state index contributed by atoms with van der Waals surface area (Å²) in [6, 6.07) is 4.16.